The number of rotatable bonds is 6. The van der Waals surface area contributed by atoms with Crippen molar-refractivity contribution in [2.24, 2.45) is 0 Å². The summed E-state index contributed by atoms with van der Waals surface area (Å²) in [7, 11) is 5.00. The highest BCUT2D eigenvalue weighted by Gasteiger charge is 2.31. The Morgan fingerprint density at radius 3 is 2.65 bits per heavy atom. The van der Waals surface area contributed by atoms with Crippen molar-refractivity contribution in [2.45, 2.75) is 44.2 Å². The van der Waals surface area contributed by atoms with E-state index in [2.05, 4.69) is 27.6 Å². The van der Waals surface area contributed by atoms with Crippen LogP contribution >= 0.6 is 0 Å². The van der Waals surface area contributed by atoms with Gasteiger partial charge in [-0.3, -0.25) is 4.79 Å². The zero-order valence-corrected chi connectivity index (χ0v) is 19.8. The lowest BCUT2D eigenvalue weighted by Crippen LogP contribution is -2.37. The molecule has 4 aromatic heterocycles. The molecule has 10 heteroatoms. The maximum Gasteiger partial charge on any atom is 0.254 e. The average Bonchev–Trinajstić information content (AvgIpc) is 3.48. The van der Waals surface area contributed by atoms with Gasteiger partial charge in [0.05, 0.1) is 30.0 Å². The Balaban J connectivity index is 1.48. The van der Waals surface area contributed by atoms with E-state index >= 15 is 0 Å². The fourth-order valence-corrected chi connectivity index (χ4v) is 4.65. The van der Waals surface area contributed by atoms with Crippen LogP contribution in [0.5, 0.6) is 5.88 Å². The summed E-state index contributed by atoms with van der Waals surface area (Å²) >= 11 is 0. The summed E-state index contributed by atoms with van der Waals surface area (Å²) < 4.78 is 14.8. The second-order valence-corrected chi connectivity index (χ2v) is 8.92. The minimum atomic E-state index is -0.181. The number of methoxy groups -OCH3 is 2. The second-order valence-electron chi connectivity index (χ2n) is 8.92. The molecule has 34 heavy (non-hydrogen) atoms. The summed E-state index contributed by atoms with van der Waals surface area (Å²) in [5, 5.41) is 15.1. The summed E-state index contributed by atoms with van der Waals surface area (Å²) in [6, 6.07) is 6.15. The molecule has 1 fully saturated rings. The first-order valence-electron chi connectivity index (χ1n) is 11.4. The zero-order valence-electron chi connectivity index (χ0n) is 19.8. The fourth-order valence-electron chi connectivity index (χ4n) is 4.65. The Morgan fingerprint density at radius 2 is 1.94 bits per heavy atom. The van der Waals surface area contributed by atoms with E-state index in [-0.39, 0.29) is 17.6 Å². The summed E-state index contributed by atoms with van der Waals surface area (Å²) in [5.74, 6) is 0.833. The lowest BCUT2D eigenvalue weighted by Gasteiger charge is -2.36. The van der Waals surface area contributed by atoms with Crippen molar-refractivity contribution < 1.29 is 14.3 Å². The van der Waals surface area contributed by atoms with E-state index in [0.29, 0.717) is 17.4 Å². The summed E-state index contributed by atoms with van der Waals surface area (Å²) in [6.07, 6.45) is 9.25. The van der Waals surface area contributed by atoms with Crippen LogP contribution in [-0.2, 0) is 4.74 Å². The van der Waals surface area contributed by atoms with Crippen LogP contribution in [0.3, 0.4) is 0 Å². The highest BCUT2D eigenvalue weighted by molar-refractivity contribution is 6.01. The maximum atomic E-state index is 12.2. The number of nitrogens with one attached hydrogen (secondary N) is 2. The van der Waals surface area contributed by atoms with Gasteiger partial charge in [0.25, 0.3) is 5.91 Å². The van der Waals surface area contributed by atoms with Crippen LogP contribution in [0.1, 0.15) is 43.0 Å². The van der Waals surface area contributed by atoms with E-state index in [1.165, 1.54) is 0 Å². The number of pyridine rings is 1. The van der Waals surface area contributed by atoms with Crippen LogP contribution in [-0.4, -0.2) is 63.0 Å². The van der Waals surface area contributed by atoms with Crippen LogP contribution < -0.4 is 15.4 Å². The minimum absolute atomic E-state index is 0.0513. The van der Waals surface area contributed by atoms with Gasteiger partial charge in [-0.05, 0) is 56.4 Å². The van der Waals surface area contributed by atoms with Crippen LogP contribution in [0.2, 0.25) is 0 Å². The van der Waals surface area contributed by atoms with E-state index in [1.54, 1.807) is 36.5 Å². The van der Waals surface area contributed by atoms with Crippen molar-refractivity contribution >= 4 is 22.9 Å². The third-order valence-electron chi connectivity index (χ3n) is 6.85. The number of carbonyl (C=O) groups excluding carboxylic acids is 1. The molecule has 5 rings (SSSR count). The summed E-state index contributed by atoms with van der Waals surface area (Å²) in [6.45, 7) is 2.16. The van der Waals surface area contributed by atoms with E-state index < -0.39 is 0 Å². The van der Waals surface area contributed by atoms with Crippen LogP contribution in [0.25, 0.3) is 22.2 Å². The molecular formula is C24H29N7O3. The number of hydrogen-bond donors (Lipinski definition) is 2. The van der Waals surface area contributed by atoms with Gasteiger partial charge in [0.15, 0.2) is 0 Å². The number of nitrogens with zero attached hydrogens (tertiary/aromatic N) is 5. The first-order chi connectivity index (χ1) is 16.4. The predicted octanol–water partition coefficient (Wildman–Crippen LogP) is 3.17. The van der Waals surface area contributed by atoms with Gasteiger partial charge in [0.2, 0.25) is 11.8 Å². The summed E-state index contributed by atoms with van der Waals surface area (Å²) in [5.41, 5.74) is 3.76. The molecule has 4 aromatic rings. The molecule has 0 radical (unpaired) electrons. The molecular weight excluding hydrogens is 434 g/mol. The van der Waals surface area contributed by atoms with Crippen molar-refractivity contribution in [3.63, 3.8) is 0 Å². The molecule has 4 heterocycles. The van der Waals surface area contributed by atoms with Crippen molar-refractivity contribution in [1.29, 1.82) is 0 Å². The smallest absolute Gasteiger partial charge is 0.254 e. The molecule has 178 valence electrons. The first-order valence-corrected chi connectivity index (χ1v) is 11.4. The Labute approximate surface area is 197 Å². The van der Waals surface area contributed by atoms with Gasteiger partial charge in [0.1, 0.15) is 5.52 Å². The Bertz CT molecular complexity index is 1350. The third kappa shape index (κ3) is 3.83. The number of aromatic nitrogens is 5. The topological polar surface area (TPSA) is 107 Å². The van der Waals surface area contributed by atoms with E-state index in [1.807, 2.05) is 30.6 Å². The molecule has 10 nitrogen and oxygen atoms in total. The zero-order chi connectivity index (χ0) is 23.9. The fraction of sp³-hybridized carbons (Fsp3) is 0.417. The van der Waals surface area contributed by atoms with Crippen molar-refractivity contribution in [2.75, 3.05) is 26.6 Å². The molecule has 2 N–H and O–H groups in total. The molecule has 1 aliphatic rings. The van der Waals surface area contributed by atoms with Crippen LogP contribution in [0, 0.1) is 0 Å². The normalized spacial score (nSPS) is 20.5. The molecule has 0 aliphatic heterocycles. The molecule has 0 spiro atoms. The maximum absolute atomic E-state index is 12.2. The number of carbonyl (C=O) groups is 1. The van der Waals surface area contributed by atoms with E-state index in [4.69, 9.17) is 14.6 Å². The lowest BCUT2D eigenvalue weighted by atomic mass is 9.83. The standard InChI is InChI=1S/C24H29N7O3/c1-24(34-4)9-5-16(6-10-24)27-23-28-22(33-3)20-17(8-12-31(20)29-23)15-7-11-30-19(13-15)18(14-26-30)21(32)25-2/h7-8,11-14,16H,5-6,9-10H2,1-4H3,(H,25,32)(H,27,29)/t16-,24+. The average molecular weight is 464 g/mol. The Hall–Kier alpha value is -3.66. The van der Waals surface area contributed by atoms with E-state index in [9.17, 15) is 4.79 Å². The van der Waals surface area contributed by atoms with Gasteiger partial charge in [0, 0.05) is 38.2 Å². The Morgan fingerprint density at radius 1 is 1.18 bits per heavy atom. The molecule has 1 saturated carbocycles. The predicted molar refractivity (Wildman–Crippen MR) is 128 cm³/mol. The minimum Gasteiger partial charge on any atom is -0.479 e. The number of hydrogen-bond acceptors (Lipinski definition) is 7. The largest absolute Gasteiger partial charge is 0.479 e. The third-order valence-corrected chi connectivity index (χ3v) is 6.85. The Kier molecular flexibility index (Phi) is 5.60. The molecule has 0 atom stereocenters. The summed E-state index contributed by atoms with van der Waals surface area (Å²) in [4.78, 5) is 16.9. The van der Waals surface area contributed by atoms with Gasteiger partial charge in [-0.2, -0.15) is 10.1 Å². The molecule has 0 bridgehead atoms. The van der Waals surface area contributed by atoms with Gasteiger partial charge < -0.3 is 20.1 Å². The highest BCUT2D eigenvalue weighted by atomic mass is 16.5. The van der Waals surface area contributed by atoms with Gasteiger partial charge in [-0.15, -0.1) is 5.10 Å². The number of amides is 1. The van der Waals surface area contributed by atoms with E-state index in [0.717, 1.165) is 47.8 Å². The van der Waals surface area contributed by atoms with Crippen LogP contribution in [0.4, 0.5) is 5.95 Å². The van der Waals surface area contributed by atoms with Gasteiger partial charge in [-0.1, -0.05) is 0 Å². The van der Waals surface area contributed by atoms with Gasteiger partial charge in [-0.25, -0.2) is 9.03 Å². The molecule has 0 unspecified atom stereocenters. The quantitative estimate of drug-likeness (QED) is 0.452. The number of anilines is 1. The monoisotopic (exact) mass is 463 g/mol. The molecule has 1 amide bonds. The highest BCUT2D eigenvalue weighted by Crippen LogP contribution is 2.34. The molecule has 1 aliphatic carbocycles. The van der Waals surface area contributed by atoms with Gasteiger partial charge >= 0.3 is 0 Å². The van der Waals surface area contributed by atoms with Crippen molar-refractivity contribution in [3.05, 3.63) is 42.4 Å². The number of fused-ring (bicyclic) bond motifs is 2. The van der Waals surface area contributed by atoms with Crippen molar-refractivity contribution in [1.82, 2.24) is 29.5 Å². The lowest BCUT2D eigenvalue weighted by molar-refractivity contribution is -0.0253. The molecule has 0 saturated heterocycles. The SMILES string of the molecule is CNC(=O)c1cnn2ccc(-c3ccn4nc(N[C@H]5CC[C@@](C)(OC)CC5)nc(OC)c34)cc12. The van der Waals surface area contributed by atoms with Crippen LogP contribution in [0.15, 0.2) is 36.8 Å². The van der Waals surface area contributed by atoms with Crippen molar-refractivity contribution in [3.8, 4) is 17.0 Å². The second kappa shape index (κ2) is 8.60. The molecule has 0 aromatic carbocycles. The first kappa shape index (κ1) is 22.1. The number of ether oxygens (including phenoxy) is 2.